The molecule has 8 heteroatoms. The van der Waals surface area contributed by atoms with Crippen LogP contribution in [0.5, 0.6) is 11.5 Å². The van der Waals surface area contributed by atoms with Crippen molar-refractivity contribution in [1.82, 2.24) is 0 Å². The number of benzene rings is 3. The van der Waals surface area contributed by atoms with Gasteiger partial charge in [0, 0.05) is 27.4 Å². The molecule has 0 saturated carbocycles. The van der Waals surface area contributed by atoms with Crippen LogP contribution >= 0.6 is 34.5 Å². The monoisotopic (exact) mass is 578 g/mol. The van der Waals surface area contributed by atoms with Gasteiger partial charge in [-0.1, -0.05) is 59.6 Å². The number of carbonyl (C=O) groups is 1. The number of aryl methyl sites for hydroxylation is 1. The molecular formula is C31H28Cl2N2O3S. The van der Waals surface area contributed by atoms with E-state index in [1.165, 1.54) is 4.88 Å². The van der Waals surface area contributed by atoms with E-state index in [1.54, 1.807) is 23.6 Å². The van der Waals surface area contributed by atoms with E-state index < -0.39 is 0 Å². The van der Waals surface area contributed by atoms with E-state index in [4.69, 9.17) is 37.7 Å². The maximum absolute atomic E-state index is 13.4. The summed E-state index contributed by atoms with van der Waals surface area (Å²) in [6.07, 6.45) is 5.78. The highest BCUT2D eigenvalue weighted by molar-refractivity contribution is 7.16. The number of rotatable bonds is 9. The second kappa shape index (κ2) is 12.7. The summed E-state index contributed by atoms with van der Waals surface area (Å²) in [6.45, 7) is 2.61. The summed E-state index contributed by atoms with van der Waals surface area (Å²) in [6, 6.07) is 20.6. The number of hydrogen-bond acceptors (Lipinski definition) is 5. The van der Waals surface area contributed by atoms with Gasteiger partial charge in [0.1, 0.15) is 11.6 Å². The standard InChI is InChI=1S/C31H28Cl2N2O3S/c1-2-37-26-17-20(16-25(33)29(26)38-19-21-10-6-8-14-24(21)32)18-34-31-28(23-13-7-9-15-27(23)39-31)30(36)35-22-11-4-3-5-12-22/h3-6,8,10-12,14,16-18H,2,7,9,13,15,19H2,1H3,(H,35,36). The van der Waals surface area contributed by atoms with Crippen molar-refractivity contribution in [3.63, 3.8) is 0 Å². The molecule has 0 aliphatic heterocycles. The molecule has 39 heavy (non-hydrogen) atoms. The molecule has 4 aromatic rings. The molecule has 0 atom stereocenters. The summed E-state index contributed by atoms with van der Waals surface area (Å²) in [5.74, 6) is 0.834. The summed E-state index contributed by atoms with van der Waals surface area (Å²) < 4.78 is 11.9. The Morgan fingerprint density at radius 3 is 2.56 bits per heavy atom. The number of nitrogens with zero attached hydrogens (tertiary/aromatic N) is 1. The van der Waals surface area contributed by atoms with Gasteiger partial charge in [-0.2, -0.15) is 0 Å². The van der Waals surface area contributed by atoms with E-state index >= 15 is 0 Å². The Labute approximate surface area is 242 Å². The number of aliphatic imine (C=N–C) groups is 1. The Bertz CT molecular complexity index is 1500. The fourth-order valence-electron chi connectivity index (χ4n) is 4.56. The Hall–Kier alpha value is -3.32. The quantitative estimate of drug-likeness (QED) is 0.202. The number of anilines is 1. The smallest absolute Gasteiger partial charge is 0.259 e. The number of amides is 1. The highest BCUT2D eigenvalue weighted by atomic mass is 35.5. The number of nitrogens with one attached hydrogen (secondary N) is 1. The zero-order valence-electron chi connectivity index (χ0n) is 21.5. The fourth-order valence-corrected chi connectivity index (χ4v) is 6.25. The molecule has 0 bridgehead atoms. The number of fused-ring (bicyclic) bond motifs is 1. The van der Waals surface area contributed by atoms with Crippen LogP contribution in [0.3, 0.4) is 0 Å². The molecule has 0 unspecified atom stereocenters. The third-order valence-corrected chi connectivity index (χ3v) is 8.25. The van der Waals surface area contributed by atoms with Crippen LogP contribution in [-0.2, 0) is 19.4 Å². The Morgan fingerprint density at radius 2 is 1.77 bits per heavy atom. The molecule has 0 saturated heterocycles. The van der Waals surface area contributed by atoms with Crippen molar-refractivity contribution < 1.29 is 14.3 Å². The maximum atomic E-state index is 13.4. The molecule has 1 heterocycles. The first-order chi connectivity index (χ1) is 19.0. The normalized spacial score (nSPS) is 12.8. The summed E-state index contributed by atoms with van der Waals surface area (Å²) in [5.41, 5.74) is 4.13. The van der Waals surface area contributed by atoms with Gasteiger partial charge in [0.25, 0.3) is 5.91 Å². The van der Waals surface area contributed by atoms with E-state index in [0.29, 0.717) is 38.7 Å². The molecule has 1 aliphatic carbocycles. The van der Waals surface area contributed by atoms with Crippen LogP contribution in [0.15, 0.2) is 71.7 Å². The number of halogens is 2. The van der Waals surface area contributed by atoms with Gasteiger partial charge in [-0.15, -0.1) is 11.3 Å². The highest BCUT2D eigenvalue weighted by Crippen LogP contribution is 2.41. The lowest BCUT2D eigenvalue weighted by Gasteiger charge is -2.15. The largest absolute Gasteiger partial charge is 0.490 e. The molecular weight excluding hydrogens is 551 g/mol. The second-order valence-corrected chi connectivity index (χ2v) is 11.0. The summed E-state index contributed by atoms with van der Waals surface area (Å²) >= 11 is 14.5. The van der Waals surface area contributed by atoms with E-state index in [-0.39, 0.29) is 12.5 Å². The molecule has 0 spiro atoms. The van der Waals surface area contributed by atoms with Gasteiger partial charge in [-0.05, 0) is 74.1 Å². The molecule has 1 aliphatic rings. The number of ether oxygens (including phenoxy) is 2. The Balaban J connectivity index is 1.43. The highest BCUT2D eigenvalue weighted by Gasteiger charge is 2.25. The van der Waals surface area contributed by atoms with Crippen LogP contribution in [0.2, 0.25) is 10.0 Å². The van der Waals surface area contributed by atoms with Crippen molar-refractivity contribution in [2.75, 3.05) is 11.9 Å². The van der Waals surface area contributed by atoms with Gasteiger partial charge >= 0.3 is 0 Å². The molecule has 5 nitrogen and oxygen atoms in total. The molecule has 1 N–H and O–H groups in total. The predicted molar refractivity (Wildman–Crippen MR) is 161 cm³/mol. The van der Waals surface area contributed by atoms with E-state index in [0.717, 1.165) is 48.1 Å². The predicted octanol–water partition coefficient (Wildman–Crippen LogP) is 8.91. The summed E-state index contributed by atoms with van der Waals surface area (Å²) in [7, 11) is 0. The third kappa shape index (κ3) is 6.47. The first-order valence-corrected chi connectivity index (χ1v) is 14.5. The van der Waals surface area contributed by atoms with E-state index in [1.807, 2.05) is 67.6 Å². The van der Waals surface area contributed by atoms with Crippen LogP contribution in [0, 0.1) is 0 Å². The molecule has 0 radical (unpaired) electrons. The van der Waals surface area contributed by atoms with Crippen LogP contribution in [0.25, 0.3) is 0 Å². The van der Waals surface area contributed by atoms with E-state index in [9.17, 15) is 4.79 Å². The average molecular weight is 580 g/mol. The maximum Gasteiger partial charge on any atom is 0.259 e. The zero-order valence-corrected chi connectivity index (χ0v) is 23.8. The number of hydrogen-bond donors (Lipinski definition) is 1. The van der Waals surface area contributed by atoms with Crippen molar-refractivity contribution in [2.24, 2.45) is 4.99 Å². The first-order valence-electron chi connectivity index (χ1n) is 12.9. The minimum absolute atomic E-state index is 0.135. The molecule has 3 aromatic carbocycles. The topological polar surface area (TPSA) is 59.9 Å². The van der Waals surface area contributed by atoms with Crippen LogP contribution in [-0.4, -0.2) is 18.7 Å². The van der Waals surface area contributed by atoms with Crippen molar-refractivity contribution >= 4 is 57.3 Å². The van der Waals surface area contributed by atoms with Gasteiger partial charge < -0.3 is 14.8 Å². The Morgan fingerprint density at radius 1 is 1.00 bits per heavy atom. The van der Waals surface area contributed by atoms with Crippen LogP contribution in [0.1, 0.15) is 51.7 Å². The fraction of sp³-hybridized carbons (Fsp3) is 0.226. The van der Waals surface area contributed by atoms with Crippen LogP contribution < -0.4 is 14.8 Å². The average Bonchev–Trinajstić information content (AvgIpc) is 3.32. The molecule has 0 fully saturated rings. The molecule has 200 valence electrons. The van der Waals surface area contributed by atoms with Crippen LogP contribution in [0.4, 0.5) is 10.7 Å². The van der Waals surface area contributed by atoms with Gasteiger partial charge in [0.15, 0.2) is 11.5 Å². The summed E-state index contributed by atoms with van der Waals surface area (Å²) in [4.78, 5) is 19.4. The number of carbonyl (C=O) groups excluding carboxylic acids is 1. The lowest BCUT2D eigenvalue weighted by atomic mass is 9.95. The van der Waals surface area contributed by atoms with Crippen molar-refractivity contribution in [1.29, 1.82) is 0 Å². The molecule has 1 amide bonds. The minimum atomic E-state index is -0.135. The number of thiophene rings is 1. The van der Waals surface area contributed by atoms with Crippen molar-refractivity contribution in [3.05, 3.63) is 104 Å². The number of para-hydroxylation sites is 1. The van der Waals surface area contributed by atoms with Crippen molar-refractivity contribution in [2.45, 2.75) is 39.2 Å². The molecule has 1 aromatic heterocycles. The van der Waals surface area contributed by atoms with Gasteiger partial charge in [-0.25, -0.2) is 4.99 Å². The lowest BCUT2D eigenvalue weighted by molar-refractivity contribution is 0.102. The SMILES string of the molecule is CCOc1cc(C=Nc2sc3c(c2C(=O)Nc2ccccc2)CCCC3)cc(Cl)c1OCc1ccccc1Cl. The Kier molecular flexibility index (Phi) is 8.87. The van der Waals surface area contributed by atoms with Crippen molar-refractivity contribution in [3.8, 4) is 11.5 Å². The second-order valence-electron chi connectivity index (χ2n) is 9.11. The first kappa shape index (κ1) is 27.3. The minimum Gasteiger partial charge on any atom is -0.490 e. The lowest BCUT2D eigenvalue weighted by Crippen LogP contribution is -2.14. The van der Waals surface area contributed by atoms with Gasteiger partial charge in [0.2, 0.25) is 0 Å². The van der Waals surface area contributed by atoms with E-state index in [2.05, 4.69) is 5.32 Å². The molecule has 5 rings (SSSR count). The van der Waals surface area contributed by atoms with Gasteiger partial charge in [-0.3, -0.25) is 4.79 Å². The third-order valence-electron chi connectivity index (χ3n) is 6.40. The summed E-state index contributed by atoms with van der Waals surface area (Å²) in [5, 5.41) is 4.76. The van der Waals surface area contributed by atoms with Gasteiger partial charge in [0.05, 0.1) is 17.2 Å². The zero-order chi connectivity index (χ0) is 27.2.